The summed E-state index contributed by atoms with van der Waals surface area (Å²) < 4.78 is 8.18. The summed E-state index contributed by atoms with van der Waals surface area (Å²) in [6.45, 7) is 0. The maximum absolute atomic E-state index is 10.5. The minimum absolute atomic E-state index is 0.322. The van der Waals surface area contributed by atoms with Gasteiger partial charge in [0.05, 0.1) is 22.1 Å². The molecule has 84 valence electrons. The number of hydrogen-bond acceptors (Lipinski definition) is 4. The molecular formula is C9H5Cl3N2OS. The quantitative estimate of drug-likeness (QED) is 0.644. The molecule has 1 aromatic heterocycles. The van der Waals surface area contributed by atoms with Crippen LogP contribution in [0.4, 0.5) is 0 Å². The van der Waals surface area contributed by atoms with E-state index in [9.17, 15) is 4.79 Å². The molecule has 2 rings (SSSR count). The van der Waals surface area contributed by atoms with E-state index < -0.39 is 5.38 Å². The molecule has 0 radical (unpaired) electrons. The highest BCUT2D eigenvalue weighted by Crippen LogP contribution is 2.32. The van der Waals surface area contributed by atoms with Gasteiger partial charge in [0, 0.05) is 10.6 Å². The second-order valence-electron chi connectivity index (χ2n) is 3.14. The first-order valence-electron chi connectivity index (χ1n) is 4.32. The number of nitrogens with zero attached hydrogens (tertiary/aromatic N) is 2. The molecule has 16 heavy (non-hydrogen) atoms. The molecule has 1 atom stereocenters. The molecular weight excluding hydrogens is 291 g/mol. The van der Waals surface area contributed by atoms with Gasteiger partial charge in [0.2, 0.25) is 0 Å². The van der Waals surface area contributed by atoms with Crippen LogP contribution in [-0.4, -0.2) is 20.4 Å². The van der Waals surface area contributed by atoms with E-state index >= 15 is 0 Å². The Hall–Kier alpha value is -0.420. The second kappa shape index (κ2) is 4.84. The first kappa shape index (κ1) is 12.0. The largest absolute Gasteiger partial charge is 0.302 e. The van der Waals surface area contributed by atoms with E-state index in [1.807, 2.05) is 0 Å². The number of halogens is 3. The Morgan fingerprint density at radius 3 is 2.69 bits per heavy atom. The van der Waals surface area contributed by atoms with Crippen LogP contribution < -0.4 is 0 Å². The molecule has 2 aromatic rings. The summed E-state index contributed by atoms with van der Waals surface area (Å²) in [7, 11) is 0. The van der Waals surface area contributed by atoms with Crippen LogP contribution in [0, 0.1) is 0 Å². The SMILES string of the molecule is O=CC(Cl)Cc1c(Cl)cc(Cl)c2nsnc12. The molecule has 3 nitrogen and oxygen atoms in total. The molecule has 0 saturated heterocycles. The third kappa shape index (κ3) is 2.15. The number of fused-ring (bicyclic) bond motifs is 1. The highest BCUT2D eigenvalue weighted by molar-refractivity contribution is 7.00. The molecule has 0 fully saturated rings. The van der Waals surface area contributed by atoms with Crippen LogP contribution in [0.3, 0.4) is 0 Å². The summed E-state index contributed by atoms with van der Waals surface area (Å²) >= 11 is 18.8. The second-order valence-corrected chi connectivity index (χ2v) is 5.04. The van der Waals surface area contributed by atoms with E-state index in [-0.39, 0.29) is 0 Å². The van der Waals surface area contributed by atoms with Gasteiger partial charge >= 0.3 is 0 Å². The molecule has 0 aliphatic carbocycles. The predicted octanol–water partition coefficient (Wildman–Crippen LogP) is 3.35. The van der Waals surface area contributed by atoms with Crippen molar-refractivity contribution in [3.05, 3.63) is 21.7 Å². The highest BCUT2D eigenvalue weighted by Gasteiger charge is 2.16. The first-order chi connectivity index (χ1) is 7.63. The number of aromatic nitrogens is 2. The summed E-state index contributed by atoms with van der Waals surface area (Å²) in [5, 5.41) is 0.288. The van der Waals surface area contributed by atoms with Gasteiger partial charge in [0.1, 0.15) is 17.3 Å². The Morgan fingerprint density at radius 1 is 1.31 bits per heavy atom. The van der Waals surface area contributed by atoms with Crippen LogP contribution in [0.15, 0.2) is 6.07 Å². The summed E-state index contributed by atoms with van der Waals surface area (Å²) in [5.74, 6) is 0. The van der Waals surface area contributed by atoms with Crippen LogP contribution in [0.25, 0.3) is 11.0 Å². The van der Waals surface area contributed by atoms with Gasteiger partial charge < -0.3 is 4.79 Å². The van der Waals surface area contributed by atoms with E-state index in [4.69, 9.17) is 34.8 Å². The van der Waals surface area contributed by atoms with Crippen molar-refractivity contribution in [3.63, 3.8) is 0 Å². The number of carbonyl (C=O) groups is 1. The van der Waals surface area contributed by atoms with Gasteiger partial charge in [0.25, 0.3) is 0 Å². The van der Waals surface area contributed by atoms with Crippen molar-refractivity contribution in [2.45, 2.75) is 11.8 Å². The van der Waals surface area contributed by atoms with E-state index in [1.165, 1.54) is 0 Å². The fourth-order valence-electron chi connectivity index (χ4n) is 1.36. The molecule has 0 aliphatic rings. The summed E-state index contributed by atoms with van der Waals surface area (Å²) in [6.07, 6.45) is 0.987. The van der Waals surface area contributed by atoms with Crippen molar-refractivity contribution in [2.24, 2.45) is 0 Å². The maximum atomic E-state index is 10.5. The summed E-state index contributed by atoms with van der Waals surface area (Å²) in [6, 6.07) is 1.59. The topological polar surface area (TPSA) is 42.9 Å². The first-order valence-corrected chi connectivity index (χ1v) is 6.24. The van der Waals surface area contributed by atoms with Gasteiger partial charge in [-0.3, -0.25) is 0 Å². The number of rotatable bonds is 3. The zero-order valence-corrected chi connectivity index (χ0v) is 10.9. The lowest BCUT2D eigenvalue weighted by Gasteiger charge is -2.06. The van der Waals surface area contributed by atoms with E-state index in [0.29, 0.717) is 39.3 Å². The normalized spacial score (nSPS) is 12.9. The Kier molecular flexibility index (Phi) is 3.64. The monoisotopic (exact) mass is 294 g/mol. The molecule has 1 unspecified atom stereocenters. The predicted molar refractivity (Wildman–Crippen MR) is 66.8 cm³/mol. The van der Waals surface area contributed by atoms with Crippen molar-refractivity contribution in [1.82, 2.24) is 8.75 Å². The van der Waals surface area contributed by atoms with Gasteiger partial charge in [-0.05, 0) is 12.5 Å². The van der Waals surface area contributed by atoms with Crippen LogP contribution >= 0.6 is 46.5 Å². The number of alkyl halides is 1. The van der Waals surface area contributed by atoms with Crippen LogP contribution in [0.2, 0.25) is 10.0 Å². The maximum Gasteiger partial charge on any atom is 0.138 e. The van der Waals surface area contributed by atoms with Crippen molar-refractivity contribution >= 4 is 63.9 Å². The van der Waals surface area contributed by atoms with Gasteiger partial charge in [-0.2, -0.15) is 8.75 Å². The zero-order chi connectivity index (χ0) is 11.7. The Labute approximate surface area is 111 Å². The van der Waals surface area contributed by atoms with Gasteiger partial charge in [-0.15, -0.1) is 11.6 Å². The van der Waals surface area contributed by atoms with Gasteiger partial charge in [0.15, 0.2) is 0 Å². The lowest BCUT2D eigenvalue weighted by molar-refractivity contribution is -0.107. The molecule has 0 spiro atoms. The molecule has 0 amide bonds. The minimum Gasteiger partial charge on any atom is -0.302 e. The van der Waals surface area contributed by atoms with Gasteiger partial charge in [-0.1, -0.05) is 23.2 Å². The smallest absolute Gasteiger partial charge is 0.138 e. The molecule has 0 N–H and O–H groups in total. The molecule has 0 bridgehead atoms. The Bertz CT molecular complexity index is 543. The Morgan fingerprint density at radius 2 is 2.00 bits per heavy atom. The van der Waals surface area contributed by atoms with Gasteiger partial charge in [-0.25, -0.2) is 0 Å². The minimum atomic E-state index is -0.622. The van der Waals surface area contributed by atoms with Crippen molar-refractivity contribution in [3.8, 4) is 0 Å². The van der Waals surface area contributed by atoms with E-state index in [1.54, 1.807) is 6.07 Å². The van der Waals surface area contributed by atoms with Crippen molar-refractivity contribution in [1.29, 1.82) is 0 Å². The van der Waals surface area contributed by atoms with Crippen LogP contribution in [0.5, 0.6) is 0 Å². The summed E-state index contributed by atoms with van der Waals surface area (Å²) in [4.78, 5) is 10.5. The van der Waals surface area contributed by atoms with Crippen LogP contribution in [0.1, 0.15) is 5.56 Å². The number of benzene rings is 1. The van der Waals surface area contributed by atoms with Crippen LogP contribution in [-0.2, 0) is 11.2 Å². The lowest BCUT2D eigenvalue weighted by atomic mass is 10.1. The number of hydrogen-bond donors (Lipinski definition) is 0. The standard InChI is InChI=1S/C9H5Cl3N2OS/c10-4(3-15)1-5-6(11)2-7(12)9-8(5)13-16-14-9/h2-4H,1H2. The molecule has 0 saturated carbocycles. The lowest BCUT2D eigenvalue weighted by Crippen LogP contribution is -2.05. The summed E-state index contributed by atoms with van der Waals surface area (Å²) in [5.41, 5.74) is 1.93. The van der Waals surface area contributed by atoms with Crippen molar-refractivity contribution < 1.29 is 4.79 Å². The molecule has 1 aromatic carbocycles. The molecule has 7 heteroatoms. The Balaban J connectivity index is 2.58. The average molecular weight is 296 g/mol. The van der Waals surface area contributed by atoms with E-state index in [2.05, 4.69) is 8.75 Å². The molecule has 1 heterocycles. The fraction of sp³-hybridized carbons (Fsp3) is 0.222. The third-order valence-corrected chi connectivity index (χ3v) is 3.50. The number of aldehydes is 1. The van der Waals surface area contributed by atoms with Crippen molar-refractivity contribution in [2.75, 3.05) is 0 Å². The average Bonchev–Trinajstić information content (AvgIpc) is 2.73. The van der Waals surface area contributed by atoms with E-state index in [0.717, 1.165) is 11.7 Å². The number of carbonyl (C=O) groups excluding carboxylic acids is 1. The zero-order valence-electron chi connectivity index (χ0n) is 7.78. The fourth-order valence-corrected chi connectivity index (χ4v) is 2.72. The highest BCUT2D eigenvalue weighted by atomic mass is 35.5. The molecule has 0 aliphatic heterocycles. The third-order valence-electron chi connectivity index (χ3n) is 2.09.